The molecule has 1 amide bonds. The van der Waals surface area contributed by atoms with Gasteiger partial charge in [-0.1, -0.05) is 12.8 Å². The minimum absolute atomic E-state index is 0.161. The molecule has 1 atom stereocenters. The highest BCUT2D eigenvalue weighted by Gasteiger charge is 2.31. The first-order chi connectivity index (χ1) is 12.4. The number of likely N-dealkylation sites (tertiary alicyclic amines) is 1. The van der Waals surface area contributed by atoms with Crippen molar-refractivity contribution in [1.82, 2.24) is 9.21 Å². The number of carboxylic acids is 1. The minimum atomic E-state index is -3.57. The Morgan fingerprint density at radius 1 is 0.923 bits per heavy atom. The summed E-state index contributed by atoms with van der Waals surface area (Å²) in [4.78, 5) is 25.1. The number of carboxylic acid groups (broad SMARTS) is 1. The smallest absolute Gasteiger partial charge is 0.254 e. The molecule has 2 fully saturated rings. The molecule has 2 heterocycles. The molecule has 0 saturated carbocycles. The lowest BCUT2D eigenvalue weighted by molar-refractivity contribution is -0.310. The van der Waals surface area contributed by atoms with Crippen molar-refractivity contribution in [2.24, 2.45) is 0 Å². The molecule has 2 aliphatic rings. The fraction of sp³-hybridized carbons (Fsp3) is 0.556. The second-order valence-corrected chi connectivity index (χ2v) is 8.76. The molecule has 0 spiro atoms. The highest BCUT2D eigenvalue weighted by molar-refractivity contribution is 7.89. The molecule has 8 heteroatoms. The Morgan fingerprint density at radius 2 is 1.54 bits per heavy atom. The van der Waals surface area contributed by atoms with Crippen molar-refractivity contribution in [1.29, 1.82) is 0 Å². The van der Waals surface area contributed by atoms with Gasteiger partial charge in [0.25, 0.3) is 5.91 Å². The van der Waals surface area contributed by atoms with Crippen molar-refractivity contribution in [3.05, 3.63) is 29.8 Å². The summed E-state index contributed by atoms with van der Waals surface area (Å²) in [6.45, 7) is 1.40. The zero-order valence-corrected chi connectivity index (χ0v) is 15.4. The van der Waals surface area contributed by atoms with Crippen molar-refractivity contribution in [2.45, 2.75) is 49.5 Å². The number of carbonyl (C=O) groups is 2. The fourth-order valence-electron chi connectivity index (χ4n) is 3.62. The summed E-state index contributed by atoms with van der Waals surface area (Å²) in [5, 5.41) is 11.1. The molecule has 2 aliphatic heterocycles. The lowest BCUT2D eigenvalue weighted by Gasteiger charge is -2.25. The molecule has 0 N–H and O–H groups in total. The summed E-state index contributed by atoms with van der Waals surface area (Å²) < 4.78 is 27.0. The fourth-order valence-corrected chi connectivity index (χ4v) is 5.14. The van der Waals surface area contributed by atoms with Gasteiger partial charge in [0.05, 0.1) is 16.9 Å². The Morgan fingerprint density at radius 3 is 2.12 bits per heavy atom. The molecule has 0 bridgehead atoms. The molecular weight excluding hydrogens is 356 g/mol. The molecule has 3 rings (SSSR count). The molecule has 7 nitrogen and oxygen atoms in total. The number of nitrogens with zero attached hydrogens (tertiary/aromatic N) is 2. The Kier molecular flexibility index (Phi) is 5.62. The molecule has 0 aromatic heterocycles. The van der Waals surface area contributed by atoms with E-state index in [0.717, 1.165) is 25.7 Å². The number of hydrogen-bond acceptors (Lipinski definition) is 5. The molecule has 1 aromatic rings. The third-order valence-corrected chi connectivity index (χ3v) is 7.00. The molecule has 0 aliphatic carbocycles. The normalized spacial score (nSPS) is 22.2. The van der Waals surface area contributed by atoms with E-state index < -0.39 is 27.9 Å². The van der Waals surface area contributed by atoms with E-state index in [1.807, 2.05) is 0 Å². The van der Waals surface area contributed by atoms with Gasteiger partial charge in [0.1, 0.15) is 0 Å². The van der Waals surface area contributed by atoms with E-state index in [-0.39, 0.29) is 10.5 Å². The SMILES string of the molecule is O=C([O-])[C@@H]1CCCN1C(=O)c1ccc(S(=O)(=O)N2CCCCCC2)cc1. The number of benzene rings is 1. The van der Waals surface area contributed by atoms with Crippen LogP contribution in [0.25, 0.3) is 0 Å². The summed E-state index contributed by atoms with van der Waals surface area (Å²) >= 11 is 0. The van der Waals surface area contributed by atoms with Crippen LogP contribution >= 0.6 is 0 Å². The third kappa shape index (κ3) is 3.76. The first kappa shape index (κ1) is 18.8. The van der Waals surface area contributed by atoms with E-state index in [4.69, 9.17) is 0 Å². The van der Waals surface area contributed by atoms with Gasteiger partial charge in [-0.05, 0) is 49.9 Å². The molecule has 0 unspecified atom stereocenters. The van der Waals surface area contributed by atoms with Crippen molar-refractivity contribution >= 4 is 21.9 Å². The number of sulfonamides is 1. The van der Waals surface area contributed by atoms with Crippen LogP contribution in [-0.4, -0.2) is 55.2 Å². The van der Waals surface area contributed by atoms with Gasteiger partial charge < -0.3 is 14.8 Å². The summed E-state index contributed by atoms with van der Waals surface area (Å²) in [5.41, 5.74) is 0.285. The summed E-state index contributed by atoms with van der Waals surface area (Å²) in [6, 6.07) is 4.85. The summed E-state index contributed by atoms with van der Waals surface area (Å²) in [6.07, 6.45) is 4.79. The van der Waals surface area contributed by atoms with Gasteiger partial charge in [-0.15, -0.1) is 0 Å². The summed E-state index contributed by atoms with van der Waals surface area (Å²) in [7, 11) is -3.57. The Balaban J connectivity index is 1.77. The van der Waals surface area contributed by atoms with Crippen LogP contribution in [0.5, 0.6) is 0 Å². The van der Waals surface area contributed by atoms with Crippen molar-refractivity contribution in [3.8, 4) is 0 Å². The minimum Gasteiger partial charge on any atom is -0.548 e. The topological polar surface area (TPSA) is 97.8 Å². The second-order valence-electron chi connectivity index (χ2n) is 6.82. The van der Waals surface area contributed by atoms with Crippen LogP contribution in [0.3, 0.4) is 0 Å². The quantitative estimate of drug-likeness (QED) is 0.763. The highest BCUT2D eigenvalue weighted by Crippen LogP contribution is 2.23. The monoisotopic (exact) mass is 379 g/mol. The van der Waals surface area contributed by atoms with E-state index in [1.54, 1.807) is 0 Å². The molecule has 142 valence electrons. The molecular formula is C18H23N2O5S-. The number of aliphatic carboxylic acids is 1. The molecule has 0 radical (unpaired) electrons. The van der Waals surface area contributed by atoms with Crippen molar-refractivity contribution < 1.29 is 23.1 Å². The van der Waals surface area contributed by atoms with Crippen LogP contribution in [0.4, 0.5) is 0 Å². The van der Waals surface area contributed by atoms with Gasteiger partial charge in [-0.25, -0.2) is 8.42 Å². The van der Waals surface area contributed by atoms with Gasteiger partial charge in [-0.2, -0.15) is 4.31 Å². The second kappa shape index (κ2) is 7.75. The Labute approximate surface area is 153 Å². The van der Waals surface area contributed by atoms with E-state index in [0.29, 0.717) is 32.5 Å². The van der Waals surface area contributed by atoms with Gasteiger partial charge in [0.15, 0.2) is 0 Å². The summed E-state index contributed by atoms with van der Waals surface area (Å²) in [5.74, 6) is -1.66. The maximum absolute atomic E-state index is 12.8. The van der Waals surface area contributed by atoms with Crippen LogP contribution in [0.1, 0.15) is 48.9 Å². The van der Waals surface area contributed by atoms with Crippen LogP contribution in [0.15, 0.2) is 29.2 Å². The van der Waals surface area contributed by atoms with E-state index in [9.17, 15) is 23.1 Å². The largest absolute Gasteiger partial charge is 0.548 e. The first-order valence-electron chi connectivity index (χ1n) is 9.03. The molecule has 2 saturated heterocycles. The number of hydrogen-bond donors (Lipinski definition) is 0. The zero-order valence-electron chi connectivity index (χ0n) is 14.6. The average molecular weight is 379 g/mol. The number of rotatable bonds is 4. The maximum Gasteiger partial charge on any atom is 0.254 e. The van der Waals surface area contributed by atoms with Gasteiger partial charge in [0.2, 0.25) is 10.0 Å². The molecule has 1 aromatic carbocycles. The van der Waals surface area contributed by atoms with Crippen LogP contribution in [0.2, 0.25) is 0 Å². The Hall–Kier alpha value is -1.93. The van der Waals surface area contributed by atoms with E-state index >= 15 is 0 Å². The highest BCUT2D eigenvalue weighted by atomic mass is 32.2. The predicted octanol–water partition coefficient (Wildman–Crippen LogP) is 0.606. The average Bonchev–Trinajstić information content (AvgIpc) is 2.96. The Bertz CT molecular complexity index is 767. The molecule has 26 heavy (non-hydrogen) atoms. The van der Waals surface area contributed by atoms with E-state index in [1.165, 1.54) is 33.5 Å². The van der Waals surface area contributed by atoms with Gasteiger partial charge in [-0.3, -0.25) is 4.79 Å². The predicted molar refractivity (Wildman–Crippen MR) is 92.7 cm³/mol. The lowest BCUT2D eigenvalue weighted by atomic mass is 10.1. The van der Waals surface area contributed by atoms with E-state index in [2.05, 4.69) is 0 Å². The third-order valence-electron chi connectivity index (χ3n) is 5.09. The van der Waals surface area contributed by atoms with Crippen LogP contribution in [0, 0.1) is 0 Å². The number of amides is 1. The van der Waals surface area contributed by atoms with Crippen LogP contribution in [-0.2, 0) is 14.8 Å². The zero-order chi connectivity index (χ0) is 18.7. The van der Waals surface area contributed by atoms with Gasteiger partial charge >= 0.3 is 0 Å². The van der Waals surface area contributed by atoms with Gasteiger partial charge in [0, 0.05) is 25.2 Å². The van der Waals surface area contributed by atoms with Crippen molar-refractivity contribution in [2.75, 3.05) is 19.6 Å². The maximum atomic E-state index is 12.8. The lowest BCUT2D eigenvalue weighted by Crippen LogP contribution is -2.47. The number of carbonyl (C=O) groups excluding carboxylic acids is 2. The first-order valence-corrected chi connectivity index (χ1v) is 10.5. The standard InChI is InChI=1S/C18H24N2O5S/c21-17(20-13-5-6-16(20)18(22)23)14-7-9-15(10-8-14)26(24,25)19-11-3-1-2-4-12-19/h7-10,16H,1-6,11-13H2,(H,22,23)/p-1/t16-/m0/s1. The van der Waals surface area contributed by atoms with Crippen molar-refractivity contribution in [3.63, 3.8) is 0 Å². The van der Waals surface area contributed by atoms with Crippen LogP contribution < -0.4 is 5.11 Å².